The number of aryl methyl sites for hydroxylation is 1. The van der Waals surface area contributed by atoms with E-state index in [1.165, 1.54) is 9.80 Å². The van der Waals surface area contributed by atoms with Crippen LogP contribution in [0.25, 0.3) is 0 Å². The van der Waals surface area contributed by atoms with E-state index in [9.17, 15) is 14.4 Å². The van der Waals surface area contributed by atoms with Gasteiger partial charge in [0.2, 0.25) is 11.8 Å². The van der Waals surface area contributed by atoms with Crippen molar-refractivity contribution in [1.82, 2.24) is 24.8 Å². The topological polar surface area (TPSA) is 109 Å². The minimum absolute atomic E-state index is 0.0390. The molecule has 0 spiro atoms. The lowest BCUT2D eigenvalue weighted by atomic mass is 9.96. The Hall–Kier alpha value is -2.49. The molecule has 0 atom stereocenters. The molecule has 1 aromatic heterocycles. The summed E-state index contributed by atoms with van der Waals surface area (Å²) in [5.41, 5.74) is -0.169. The van der Waals surface area contributed by atoms with Crippen LogP contribution in [0.1, 0.15) is 45.3 Å². The molecule has 3 amide bonds. The maximum absolute atomic E-state index is 12.5. The van der Waals surface area contributed by atoms with Crippen LogP contribution in [0.4, 0.5) is 0 Å². The minimum atomic E-state index is -0.491. The second-order valence-corrected chi connectivity index (χ2v) is 8.69. The summed E-state index contributed by atoms with van der Waals surface area (Å²) >= 11 is 0. The van der Waals surface area contributed by atoms with Crippen molar-refractivity contribution in [1.29, 1.82) is 0 Å². The van der Waals surface area contributed by atoms with Gasteiger partial charge >= 0.3 is 11.8 Å². The lowest BCUT2D eigenvalue weighted by molar-refractivity contribution is -0.155. The second-order valence-electron chi connectivity index (χ2n) is 8.69. The van der Waals surface area contributed by atoms with Gasteiger partial charge in [0, 0.05) is 57.5 Å². The highest BCUT2D eigenvalue weighted by Gasteiger charge is 2.31. The number of rotatable bonds is 4. The van der Waals surface area contributed by atoms with Crippen LogP contribution in [0, 0.1) is 0 Å². The van der Waals surface area contributed by atoms with E-state index in [0.29, 0.717) is 83.5 Å². The first-order chi connectivity index (χ1) is 14.3. The molecule has 2 aliphatic heterocycles. The van der Waals surface area contributed by atoms with Gasteiger partial charge < -0.3 is 24.0 Å². The molecule has 2 aliphatic rings. The maximum Gasteiger partial charge on any atom is 0.312 e. The lowest BCUT2D eigenvalue weighted by Crippen LogP contribution is -2.55. The van der Waals surface area contributed by atoms with E-state index >= 15 is 0 Å². The summed E-state index contributed by atoms with van der Waals surface area (Å²) in [6.07, 6.45) is 1.56. The number of aromatic nitrogens is 2. The number of hydrogen-bond donors (Lipinski definition) is 0. The van der Waals surface area contributed by atoms with Gasteiger partial charge in [0.15, 0.2) is 5.82 Å². The predicted molar refractivity (Wildman–Crippen MR) is 106 cm³/mol. The summed E-state index contributed by atoms with van der Waals surface area (Å²) in [5, 5.41) is 3.99. The summed E-state index contributed by atoms with van der Waals surface area (Å²) < 4.78 is 10.5. The second kappa shape index (κ2) is 9.55. The summed E-state index contributed by atoms with van der Waals surface area (Å²) in [7, 11) is 0. The van der Waals surface area contributed by atoms with Crippen LogP contribution in [0.5, 0.6) is 0 Å². The van der Waals surface area contributed by atoms with Crippen LogP contribution in [-0.2, 0) is 31.0 Å². The van der Waals surface area contributed by atoms with Crippen molar-refractivity contribution in [2.75, 3.05) is 52.5 Å². The number of hydrogen-bond acceptors (Lipinski definition) is 7. The molecule has 2 saturated heterocycles. The molecule has 30 heavy (non-hydrogen) atoms. The molecule has 0 unspecified atom stereocenters. The molecule has 0 aliphatic carbocycles. The highest BCUT2D eigenvalue weighted by molar-refractivity contribution is 6.34. The molecule has 166 valence electrons. The number of nitrogens with zero attached hydrogens (tertiary/aromatic N) is 5. The zero-order valence-electron chi connectivity index (χ0n) is 18.1. The van der Waals surface area contributed by atoms with Crippen molar-refractivity contribution in [3.63, 3.8) is 0 Å². The van der Waals surface area contributed by atoms with E-state index in [-0.39, 0.29) is 11.3 Å². The maximum atomic E-state index is 12.5. The Balaban J connectivity index is 1.39. The SMILES string of the molecule is CC(C)(C)c1noc(CCCC(=O)N2CCN(C(=O)C(=O)N3CCOCC3)CC2)n1. The minimum Gasteiger partial charge on any atom is -0.378 e. The average Bonchev–Trinajstić information content (AvgIpc) is 3.23. The quantitative estimate of drug-likeness (QED) is 0.640. The highest BCUT2D eigenvalue weighted by Crippen LogP contribution is 2.19. The first-order valence-electron chi connectivity index (χ1n) is 10.5. The Bertz CT molecular complexity index is 758. The first-order valence-corrected chi connectivity index (χ1v) is 10.5. The smallest absolute Gasteiger partial charge is 0.312 e. The van der Waals surface area contributed by atoms with Gasteiger partial charge in [0.25, 0.3) is 0 Å². The fraction of sp³-hybridized carbons (Fsp3) is 0.750. The molecular weight excluding hydrogens is 390 g/mol. The van der Waals surface area contributed by atoms with E-state index in [1.807, 2.05) is 20.8 Å². The van der Waals surface area contributed by atoms with E-state index in [0.717, 1.165) is 0 Å². The molecule has 3 rings (SSSR count). The zero-order chi connectivity index (χ0) is 21.7. The number of carbonyl (C=O) groups is 3. The van der Waals surface area contributed by atoms with Crippen molar-refractivity contribution >= 4 is 17.7 Å². The third-order valence-corrected chi connectivity index (χ3v) is 5.32. The first kappa shape index (κ1) is 22.2. The Morgan fingerprint density at radius 3 is 2.03 bits per heavy atom. The van der Waals surface area contributed by atoms with Crippen LogP contribution in [-0.4, -0.2) is 95.0 Å². The van der Waals surface area contributed by atoms with Gasteiger partial charge in [-0.15, -0.1) is 0 Å². The van der Waals surface area contributed by atoms with Gasteiger partial charge in [0.05, 0.1) is 13.2 Å². The third-order valence-electron chi connectivity index (χ3n) is 5.32. The van der Waals surface area contributed by atoms with Gasteiger partial charge in [-0.2, -0.15) is 4.98 Å². The average molecular weight is 421 g/mol. The van der Waals surface area contributed by atoms with Gasteiger partial charge in [-0.05, 0) is 6.42 Å². The van der Waals surface area contributed by atoms with Crippen LogP contribution >= 0.6 is 0 Å². The van der Waals surface area contributed by atoms with Gasteiger partial charge in [-0.3, -0.25) is 14.4 Å². The fourth-order valence-corrected chi connectivity index (χ4v) is 3.41. The van der Waals surface area contributed by atoms with E-state index in [4.69, 9.17) is 9.26 Å². The summed E-state index contributed by atoms with van der Waals surface area (Å²) in [4.78, 5) is 46.5. The normalized spacial score (nSPS) is 17.9. The molecule has 0 saturated carbocycles. The summed E-state index contributed by atoms with van der Waals surface area (Å²) in [6, 6.07) is 0. The van der Waals surface area contributed by atoms with Crippen LogP contribution in [0.2, 0.25) is 0 Å². The molecule has 3 heterocycles. The van der Waals surface area contributed by atoms with Crippen molar-refractivity contribution in [3.8, 4) is 0 Å². The Morgan fingerprint density at radius 2 is 1.47 bits per heavy atom. The molecule has 0 N–H and O–H groups in total. The van der Waals surface area contributed by atoms with Crippen molar-refractivity contribution < 1.29 is 23.6 Å². The largest absolute Gasteiger partial charge is 0.378 e. The van der Waals surface area contributed by atoms with E-state index < -0.39 is 11.8 Å². The van der Waals surface area contributed by atoms with Gasteiger partial charge in [-0.1, -0.05) is 25.9 Å². The van der Waals surface area contributed by atoms with Crippen LogP contribution in [0.15, 0.2) is 4.52 Å². The molecule has 2 fully saturated rings. The monoisotopic (exact) mass is 421 g/mol. The van der Waals surface area contributed by atoms with Gasteiger partial charge in [-0.25, -0.2) is 0 Å². The lowest BCUT2D eigenvalue weighted by Gasteiger charge is -2.36. The van der Waals surface area contributed by atoms with E-state index in [1.54, 1.807) is 4.90 Å². The van der Waals surface area contributed by atoms with Crippen LogP contribution < -0.4 is 0 Å². The number of carbonyl (C=O) groups excluding carboxylic acids is 3. The molecule has 0 radical (unpaired) electrons. The van der Waals surface area contributed by atoms with E-state index in [2.05, 4.69) is 10.1 Å². The number of piperazine rings is 1. The molecule has 1 aromatic rings. The Labute approximate surface area is 176 Å². The third kappa shape index (κ3) is 5.56. The highest BCUT2D eigenvalue weighted by atomic mass is 16.5. The number of amides is 3. The fourth-order valence-electron chi connectivity index (χ4n) is 3.41. The Morgan fingerprint density at radius 1 is 0.900 bits per heavy atom. The van der Waals surface area contributed by atoms with Crippen LogP contribution in [0.3, 0.4) is 0 Å². The number of morpholine rings is 1. The summed E-state index contributed by atoms with van der Waals surface area (Å²) in [6.45, 7) is 9.49. The predicted octanol–water partition coefficient (Wildman–Crippen LogP) is 0.219. The molecule has 0 bridgehead atoms. The molecular formula is C20H31N5O5. The summed E-state index contributed by atoms with van der Waals surface area (Å²) in [5.74, 6) is 0.278. The standard InChI is InChI=1S/C20H31N5O5/c1-20(2,3)19-21-15(30-22-19)5-4-6-16(26)23-7-9-24(10-8-23)17(27)18(28)25-11-13-29-14-12-25/h4-14H2,1-3H3. The molecule has 0 aromatic carbocycles. The molecule has 10 heteroatoms. The number of ether oxygens (including phenoxy) is 1. The zero-order valence-corrected chi connectivity index (χ0v) is 18.1. The van der Waals surface area contributed by atoms with Crippen molar-refractivity contribution in [2.24, 2.45) is 0 Å². The van der Waals surface area contributed by atoms with Crippen molar-refractivity contribution in [2.45, 2.75) is 45.4 Å². The van der Waals surface area contributed by atoms with Gasteiger partial charge in [0.1, 0.15) is 0 Å². The molecule has 10 nitrogen and oxygen atoms in total. The van der Waals surface area contributed by atoms with Crippen molar-refractivity contribution in [3.05, 3.63) is 11.7 Å². The Kier molecular flexibility index (Phi) is 7.06.